The lowest BCUT2D eigenvalue weighted by atomic mass is 9.85. The van der Waals surface area contributed by atoms with E-state index < -0.39 is 32.0 Å². The number of ether oxygens (including phenoxy) is 1. The molecule has 27 heavy (non-hydrogen) atoms. The molecule has 0 aromatic rings. The lowest BCUT2D eigenvalue weighted by Gasteiger charge is -2.39. The molecule has 1 amide bonds. The molecule has 0 radical (unpaired) electrons. The molecule has 1 fully saturated rings. The van der Waals surface area contributed by atoms with Crippen molar-refractivity contribution >= 4 is 20.4 Å². The van der Waals surface area contributed by atoms with E-state index in [1.807, 2.05) is 0 Å². The van der Waals surface area contributed by atoms with Crippen LogP contribution in [0.15, 0.2) is 0 Å². The zero-order valence-electron chi connectivity index (χ0n) is 18.3. The fourth-order valence-corrected chi connectivity index (χ4v) is 4.24. The van der Waals surface area contributed by atoms with Crippen LogP contribution in [0, 0.1) is 11.8 Å². The van der Waals surface area contributed by atoms with Gasteiger partial charge in [0.25, 0.3) is 0 Å². The predicted octanol–water partition coefficient (Wildman–Crippen LogP) is 4.79. The second kappa shape index (κ2) is 8.95. The molecule has 0 aromatic carbocycles. The summed E-state index contributed by atoms with van der Waals surface area (Å²) in [5, 5.41) is 12.5. The standard InChI is InChI=1S/C20H39NO5Si/c1-19(2,3)26-18(24)21-16(17(22)23)15(14-11-9-10-12-14)13-25-27(7,8)20(4,5)6/h14-16H,9-13H2,1-8H3,(H,21,24)(H,22,23)/t15?,16-/m0/s1. The molecule has 1 saturated carbocycles. The summed E-state index contributed by atoms with van der Waals surface area (Å²) in [4.78, 5) is 24.2. The first kappa shape index (κ1) is 24.0. The summed E-state index contributed by atoms with van der Waals surface area (Å²) in [6, 6.07) is -1.01. The van der Waals surface area contributed by atoms with Crippen molar-refractivity contribution in [1.82, 2.24) is 5.32 Å². The van der Waals surface area contributed by atoms with Crippen molar-refractivity contribution in [2.75, 3.05) is 6.61 Å². The molecule has 0 heterocycles. The predicted molar refractivity (Wildman–Crippen MR) is 109 cm³/mol. The number of carbonyl (C=O) groups excluding carboxylic acids is 1. The molecular weight excluding hydrogens is 362 g/mol. The summed E-state index contributed by atoms with van der Waals surface area (Å²) in [6.45, 7) is 16.5. The van der Waals surface area contributed by atoms with Gasteiger partial charge in [-0.2, -0.15) is 0 Å². The molecule has 2 N–H and O–H groups in total. The number of nitrogens with one attached hydrogen (secondary N) is 1. The molecule has 158 valence electrons. The van der Waals surface area contributed by atoms with Gasteiger partial charge in [-0.3, -0.25) is 0 Å². The number of aliphatic carboxylic acids is 1. The van der Waals surface area contributed by atoms with Crippen LogP contribution in [0.3, 0.4) is 0 Å². The number of carbonyl (C=O) groups is 2. The smallest absolute Gasteiger partial charge is 0.408 e. The lowest BCUT2D eigenvalue weighted by molar-refractivity contribution is -0.142. The fourth-order valence-electron chi connectivity index (χ4n) is 3.20. The number of alkyl carbamates (subject to hydrolysis) is 1. The van der Waals surface area contributed by atoms with Crippen molar-refractivity contribution in [3.05, 3.63) is 0 Å². The van der Waals surface area contributed by atoms with E-state index in [0.29, 0.717) is 6.61 Å². The van der Waals surface area contributed by atoms with Crippen LogP contribution in [-0.2, 0) is 14.0 Å². The first-order valence-electron chi connectivity index (χ1n) is 10.0. The van der Waals surface area contributed by atoms with Crippen LogP contribution in [0.1, 0.15) is 67.2 Å². The van der Waals surface area contributed by atoms with Crippen molar-refractivity contribution in [3.63, 3.8) is 0 Å². The SMILES string of the molecule is CC(C)(C)OC(=O)N[C@H](C(=O)O)C(CO[Si](C)(C)C(C)(C)C)C1CCCC1. The van der Waals surface area contributed by atoms with Gasteiger partial charge < -0.3 is 19.6 Å². The van der Waals surface area contributed by atoms with Gasteiger partial charge in [-0.1, -0.05) is 46.5 Å². The van der Waals surface area contributed by atoms with Crippen molar-refractivity contribution in [2.45, 2.75) is 97.0 Å². The maximum Gasteiger partial charge on any atom is 0.408 e. The third kappa shape index (κ3) is 7.45. The van der Waals surface area contributed by atoms with Gasteiger partial charge in [-0.15, -0.1) is 0 Å². The molecule has 1 aliphatic rings. The molecule has 0 bridgehead atoms. The largest absolute Gasteiger partial charge is 0.480 e. The Labute approximate surface area is 165 Å². The van der Waals surface area contributed by atoms with Crippen LogP contribution in [0.2, 0.25) is 18.1 Å². The Morgan fingerprint density at radius 1 is 1.11 bits per heavy atom. The molecule has 0 aliphatic heterocycles. The van der Waals surface area contributed by atoms with Gasteiger partial charge >= 0.3 is 12.1 Å². The monoisotopic (exact) mass is 401 g/mol. The van der Waals surface area contributed by atoms with Crippen molar-refractivity contribution in [2.24, 2.45) is 11.8 Å². The summed E-state index contributed by atoms with van der Waals surface area (Å²) in [6.07, 6.45) is 3.46. The highest BCUT2D eigenvalue weighted by atomic mass is 28.4. The minimum Gasteiger partial charge on any atom is -0.480 e. The van der Waals surface area contributed by atoms with Gasteiger partial charge in [0.2, 0.25) is 0 Å². The van der Waals surface area contributed by atoms with Crippen LogP contribution >= 0.6 is 0 Å². The minimum absolute atomic E-state index is 0.0462. The molecule has 1 rings (SSSR count). The third-order valence-corrected chi connectivity index (χ3v) is 10.3. The average molecular weight is 402 g/mol. The van der Waals surface area contributed by atoms with Gasteiger partial charge in [0.15, 0.2) is 8.32 Å². The Hall–Kier alpha value is -1.08. The molecule has 7 heteroatoms. The van der Waals surface area contributed by atoms with E-state index in [1.165, 1.54) is 0 Å². The highest BCUT2D eigenvalue weighted by Gasteiger charge is 2.42. The highest BCUT2D eigenvalue weighted by Crippen LogP contribution is 2.39. The molecule has 0 saturated heterocycles. The van der Waals surface area contributed by atoms with E-state index in [-0.39, 0.29) is 16.9 Å². The summed E-state index contributed by atoms with van der Waals surface area (Å²) in [5.74, 6) is -1.05. The van der Waals surface area contributed by atoms with Crippen LogP contribution < -0.4 is 5.32 Å². The maximum atomic E-state index is 12.2. The zero-order valence-corrected chi connectivity index (χ0v) is 19.3. The summed E-state index contributed by atoms with van der Waals surface area (Å²) in [7, 11) is -2.01. The number of rotatable bonds is 7. The molecule has 1 aliphatic carbocycles. The van der Waals surface area contributed by atoms with Gasteiger partial charge in [0.05, 0.1) is 0 Å². The quantitative estimate of drug-likeness (QED) is 0.599. The van der Waals surface area contributed by atoms with Crippen molar-refractivity contribution in [3.8, 4) is 0 Å². The van der Waals surface area contributed by atoms with E-state index >= 15 is 0 Å². The number of amides is 1. The van der Waals surface area contributed by atoms with Crippen molar-refractivity contribution in [1.29, 1.82) is 0 Å². The van der Waals surface area contributed by atoms with Gasteiger partial charge in [0, 0.05) is 12.5 Å². The first-order chi connectivity index (χ1) is 12.1. The molecule has 6 nitrogen and oxygen atoms in total. The summed E-state index contributed by atoms with van der Waals surface area (Å²) < 4.78 is 11.7. The van der Waals surface area contributed by atoms with E-state index in [9.17, 15) is 14.7 Å². The summed E-state index contributed by atoms with van der Waals surface area (Å²) in [5.41, 5.74) is -0.673. The Morgan fingerprint density at radius 2 is 1.63 bits per heavy atom. The third-order valence-electron chi connectivity index (χ3n) is 5.81. The van der Waals surface area contributed by atoms with Crippen LogP contribution in [0.4, 0.5) is 4.79 Å². The van der Waals surface area contributed by atoms with E-state index in [4.69, 9.17) is 9.16 Å². The Kier molecular flexibility index (Phi) is 7.94. The van der Waals surface area contributed by atoms with Crippen LogP contribution in [0.25, 0.3) is 0 Å². The number of carboxylic acid groups (broad SMARTS) is 1. The van der Waals surface area contributed by atoms with E-state index in [0.717, 1.165) is 25.7 Å². The fraction of sp³-hybridized carbons (Fsp3) is 0.900. The topological polar surface area (TPSA) is 84.9 Å². The van der Waals surface area contributed by atoms with Gasteiger partial charge in [0.1, 0.15) is 11.6 Å². The highest BCUT2D eigenvalue weighted by molar-refractivity contribution is 6.74. The molecule has 2 atom stereocenters. The maximum absolute atomic E-state index is 12.2. The van der Waals surface area contributed by atoms with E-state index in [2.05, 4.69) is 39.2 Å². The van der Waals surface area contributed by atoms with Gasteiger partial charge in [-0.25, -0.2) is 9.59 Å². The lowest BCUT2D eigenvalue weighted by Crippen LogP contribution is -2.52. The Morgan fingerprint density at radius 3 is 2.04 bits per heavy atom. The normalized spacial score (nSPS) is 18.8. The Balaban J connectivity index is 2.97. The molecule has 1 unspecified atom stereocenters. The van der Waals surface area contributed by atoms with Gasteiger partial charge in [-0.05, 0) is 44.8 Å². The molecule has 0 spiro atoms. The minimum atomic E-state index is -2.01. The summed E-state index contributed by atoms with van der Waals surface area (Å²) >= 11 is 0. The zero-order chi connectivity index (χ0) is 21.0. The van der Waals surface area contributed by atoms with Crippen molar-refractivity contribution < 1.29 is 23.9 Å². The molecular formula is C20H39NO5Si. The Bertz CT molecular complexity index is 515. The second-order valence-electron chi connectivity index (χ2n) is 10.2. The first-order valence-corrected chi connectivity index (χ1v) is 12.9. The average Bonchev–Trinajstić information content (AvgIpc) is 2.96. The van der Waals surface area contributed by atoms with E-state index in [1.54, 1.807) is 20.8 Å². The van der Waals surface area contributed by atoms with Crippen LogP contribution in [0.5, 0.6) is 0 Å². The number of hydrogen-bond acceptors (Lipinski definition) is 4. The number of carboxylic acids is 1. The molecule has 0 aromatic heterocycles. The second-order valence-corrected chi connectivity index (χ2v) is 15.1. The van der Waals surface area contributed by atoms with Crippen LogP contribution in [-0.4, -0.2) is 43.7 Å². The number of hydrogen-bond donors (Lipinski definition) is 2.